The van der Waals surface area contributed by atoms with Gasteiger partial charge in [-0.2, -0.15) is 0 Å². The Labute approximate surface area is 127 Å². The van der Waals surface area contributed by atoms with Gasteiger partial charge in [0.25, 0.3) is 0 Å². The van der Waals surface area contributed by atoms with E-state index in [1.54, 1.807) is 6.92 Å². The smallest absolute Gasteiger partial charge is 0.480 e. The third kappa shape index (κ3) is 4.19. The molecule has 0 spiro atoms. The number of halogens is 1. The lowest BCUT2D eigenvalue weighted by atomic mass is 9.84. The number of hydrogen-bond donors (Lipinski definition) is 2. The molecule has 6 nitrogen and oxygen atoms in total. The summed E-state index contributed by atoms with van der Waals surface area (Å²) in [4.78, 5) is 22.6. The largest absolute Gasteiger partial charge is 0.519 e. The van der Waals surface area contributed by atoms with Gasteiger partial charge in [0.15, 0.2) is 0 Å². The first kappa shape index (κ1) is 16.7. The van der Waals surface area contributed by atoms with Crippen molar-refractivity contribution in [2.75, 3.05) is 13.2 Å². The van der Waals surface area contributed by atoms with Crippen LogP contribution in [0.2, 0.25) is 0 Å². The lowest BCUT2D eigenvalue weighted by Crippen LogP contribution is -2.42. The van der Waals surface area contributed by atoms with Crippen molar-refractivity contribution in [3.63, 3.8) is 0 Å². The topological polar surface area (TPSA) is 92.7 Å². The van der Waals surface area contributed by atoms with Crippen LogP contribution in [0.15, 0.2) is 13.6 Å². The number of alkyl halides is 1. The predicted molar refractivity (Wildman–Crippen MR) is 76.5 cm³/mol. The van der Waals surface area contributed by atoms with Crippen molar-refractivity contribution in [3.05, 3.63) is 22.1 Å². The Morgan fingerprint density at radius 2 is 2.23 bits per heavy atom. The SMILES string of the molecule is Cc1oc(=O)oc1CC1CC(CCCF)CCNC1C(=O)O. The molecule has 2 N–H and O–H groups in total. The molecule has 22 heavy (non-hydrogen) atoms. The Hall–Kier alpha value is -1.63. The molecular formula is C15H22FNO5. The lowest BCUT2D eigenvalue weighted by Gasteiger charge is -2.23. The Balaban J connectivity index is 2.14. The molecule has 1 aliphatic heterocycles. The molecule has 0 amide bonds. The van der Waals surface area contributed by atoms with Crippen LogP contribution in [-0.4, -0.2) is 30.3 Å². The molecule has 1 aromatic rings. The van der Waals surface area contributed by atoms with Crippen molar-refractivity contribution in [2.24, 2.45) is 11.8 Å². The number of aliphatic carboxylic acids is 1. The number of carbonyl (C=O) groups is 1. The summed E-state index contributed by atoms with van der Waals surface area (Å²) in [5, 5.41) is 12.5. The zero-order valence-corrected chi connectivity index (χ0v) is 12.6. The number of carboxylic acids is 1. The van der Waals surface area contributed by atoms with Crippen LogP contribution in [0.5, 0.6) is 0 Å². The fraction of sp³-hybridized carbons (Fsp3) is 0.733. The van der Waals surface area contributed by atoms with Crippen molar-refractivity contribution < 1.29 is 23.1 Å². The minimum atomic E-state index is -0.917. The highest BCUT2D eigenvalue weighted by atomic mass is 19.1. The fourth-order valence-electron chi connectivity index (χ4n) is 3.21. The van der Waals surface area contributed by atoms with Gasteiger partial charge < -0.3 is 19.3 Å². The molecule has 1 saturated heterocycles. The first-order valence-electron chi connectivity index (χ1n) is 7.62. The van der Waals surface area contributed by atoms with Crippen molar-refractivity contribution >= 4 is 5.97 Å². The monoisotopic (exact) mass is 315 g/mol. The summed E-state index contributed by atoms with van der Waals surface area (Å²) in [6, 6.07) is -0.699. The van der Waals surface area contributed by atoms with Crippen molar-refractivity contribution in [1.29, 1.82) is 0 Å². The summed E-state index contributed by atoms with van der Waals surface area (Å²) in [6.07, 6.45) is 3.06. The molecular weight excluding hydrogens is 293 g/mol. The number of hydrogen-bond acceptors (Lipinski definition) is 5. The molecule has 3 atom stereocenters. The van der Waals surface area contributed by atoms with Crippen LogP contribution in [0, 0.1) is 18.8 Å². The maximum Gasteiger partial charge on any atom is 0.519 e. The minimum absolute atomic E-state index is 0.218. The van der Waals surface area contributed by atoms with Crippen LogP contribution in [0.1, 0.15) is 37.2 Å². The van der Waals surface area contributed by atoms with E-state index in [1.165, 1.54) is 0 Å². The van der Waals surface area contributed by atoms with Crippen LogP contribution >= 0.6 is 0 Å². The maximum absolute atomic E-state index is 12.4. The fourth-order valence-corrected chi connectivity index (χ4v) is 3.21. The van der Waals surface area contributed by atoms with Gasteiger partial charge in [-0.25, -0.2) is 4.79 Å². The molecule has 124 valence electrons. The van der Waals surface area contributed by atoms with Gasteiger partial charge in [0, 0.05) is 6.42 Å². The zero-order chi connectivity index (χ0) is 16.1. The maximum atomic E-state index is 12.4. The molecule has 2 rings (SSSR count). The zero-order valence-electron chi connectivity index (χ0n) is 12.6. The summed E-state index contributed by atoms with van der Waals surface area (Å²) in [5.41, 5.74) is 0. The summed E-state index contributed by atoms with van der Waals surface area (Å²) in [7, 11) is 0. The highest BCUT2D eigenvalue weighted by Crippen LogP contribution is 2.29. The van der Waals surface area contributed by atoms with Crippen LogP contribution in [0.3, 0.4) is 0 Å². The van der Waals surface area contributed by atoms with Crippen LogP contribution in [0.25, 0.3) is 0 Å². The number of carboxylic acid groups (broad SMARTS) is 1. The van der Waals surface area contributed by atoms with E-state index in [-0.39, 0.29) is 18.5 Å². The minimum Gasteiger partial charge on any atom is -0.480 e. The van der Waals surface area contributed by atoms with Gasteiger partial charge in [-0.15, -0.1) is 0 Å². The third-order valence-electron chi connectivity index (χ3n) is 4.32. The van der Waals surface area contributed by atoms with Gasteiger partial charge >= 0.3 is 11.8 Å². The molecule has 3 unspecified atom stereocenters. The summed E-state index contributed by atoms with van der Waals surface area (Å²) in [5.74, 6) is -0.844. The first-order chi connectivity index (χ1) is 10.5. The average Bonchev–Trinajstić information content (AvgIpc) is 2.66. The van der Waals surface area contributed by atoms with E-state index in [2.05, 4.69) is 5.32 Å². The lowest BCUT2D eigenvalue weighted by molar-refractivity contribution is -0.141. The van der Waals surface area contributed by atoms with Crippen LogP contribution in [-0.2, 0) is 11.2 Å². The van der Waals surface area contributed by atoms with Crippen molar-refractivity contribution in [1.82, 2.24) is 5.32 Å². The predicted octanol–water partition coefficient (Wildman–Crippen LogP) is 1.90. The van der Waals surface area contributed by atoms with E-state index in [0.29, 0.717) is 37.3 Å². The van der Waals surface area contributed by atoms with E-state index in [0.717, 1.165) is 12.8 Å². The summed E-state index contributed by atoms with van der Waals surface area (Å²) < 4.78 is 22.2. The molecule has 1 fully saturated rings. The molecule has 0 aliphatic carbocycles. The van der Waals surface area contributed by atoms with Gasteiger partial charge in [0.2, 0.25) is 0 Å². The highest BCUT2D eigenvalue weighted by molar-refractivity contribution is 5.74. The first-order valence-corrected chi connectivity index (χ1v) is 7.62. The van der Waals surface area contributed by atoms with E-state index < -0.39 is 17.8 Å². The number of aryl methyl sites for hydroxylation is 1. The Morgan fingerprint density at radius 1 is 1.45 bits per heavy atom. The molecule has 0 radical (unpaired) electrons. The van der Waals surface area contributed by atoms with Gasteiger partial charge in [-0.05, 0) is 51.0 Å². The summed E-state index contributed by atoms with van der Waals surface area (Å²) in [6.45, 7) is 1.87. The molecule has 1 aliphatic rings. The van der Waals surface area contributed by atoms with E-state index in [1.807, 2.05) is 0 Å². The van der Waals surface area contributed by atoms with Crippen LogP contribution < -0.4 is 11.1 Å². The second-order valence-corrected chi connectivity index (χ2v) is 5.89. The normalized spacial score (nSPS) is 25.8. The molecule has 7 heteroatoms. The molecule has 0 aromatic carbocycles. The second-order valence-electron chi connectivity index (χ2n) is 5.89. The van der Waals surface area contributed by atoms with Crippen molar-refractivity contribution in [2.45, 2.75) is 45.1 Å². The highest BCUT2D eigenvalue weighted by Gasteiger charge is 2.34. The molecule has 1 aromatic heterocycles. The quantitative estimate of drug-likeness (QED) is 0.833. The van der Waals surface area contributed by atoms with Gasteiger partial charge in [0.1, 0.15) is 17.6 Å². The molecule has 0 bridgehead atoms. The Morgan fingerprint density at radius 3 is 2.82 bits per heavy atom. The Bertz CT molecular complexity index is 552. The number of nitrogens with one attached hydrogen (secondary N) is 1. The van der Waals surface area contributed by atoms with E-state index in [9.17, 15) is 19.1 Å². The van der Waals surface area contributed by atoms with Crippen molar-refractivity contribution in [3.8, 4) is 0 Å². The molecule has 0 saturated carbocycles. The van der Waals surface area contributed by atoms with E-state index in [4.69, 9.17) is 8.83 Å². The molecule has 2 heterocycles. The standard InChI is InChI=1S/C15H22FNO5/c1-9-12(22-15(20)21-9)8-11-7-10(3-2-5-16)4-6-17-13(11)14(18)19/h10-11,13,17H,2-8H2,1H3,(H,18,19). The Kier molecular flexibility index (Phi) is 5.76. The average molecular weight is 315 g/mol. The van der Waals surface area contributed by atoms with Gasteiger partial charge in [0.05, 0.1) is 6.67 Å². The van der Waals surface area contributed by atoms with Crippen LogP contribution in [0.4, 0.5) is 4.39 Å². The second kappa shape index (κ2) is 7.58. The summed E-state index contributed by atoms with van der Waals surface area (Å²) >= 11 is 0. The van der Waals surface area contributed by atoms with Gasteiger partial charge in [-0.3, -0.25) is 9.18 Å². The third-order valence-corrected chi connectivity index (χ3v) is 4.32. The van der Waals surface area contributed by atoms with Gasteiger partial charge in [-0.1, -0.05) is 0 Å². The van der Waals surface area contributed by atoms with E-state index >= 15 is 0 Å². The number of rotatable bonds is 6.